The van der Waals surface area contributed by atoms with E-state index in [1.165, 1.54) is 0 Å². The summed E-state index contributed by atoms with van der Waals surface area (Å²) in [6, 6.07) is 17.8. The highest BCUT2D eigenvalue weighted by molar-refractivity contribution is 5.77. The molecule has 1 atom stereocenters. The van der Waals surface area contributed by atoms with Gasteiger partial charge in [-0.1, -0.05) is 60.7 Å². The molecule has 1 unspecified atom stereocenters. The Hall–Kier alpha value is -3.35. The molecule has 0 aromatic heterocycles. The van der Waals surface area contributed by atoms with Crippen molar-refractivity contribution >= 4 is 18.0 Å². The Labute approximate surface area is 182 Å². The number of carbonyl (C=O) groups excluding carboxylic acids is 3. The van der Waals surface area contributed by atoms with E-state index in [0.717, 1.165) is 11.1 Å². The molecule has 2 aromatic carbocycles. The highest BCUT2D eigenvalue weighted by Gasteiger charge is 2.22. The number of rotatable bonds is 9. The summed E-state index contributed by atoms with van der Waals surface area (Å²) in [5, 5.41) is 2.72. The summed E-state index contributed by atoms with van der Waals surface area (Å²) in [5.74, 6) is -1.03. The average molecular weight is 427 g/mol. The Balaban J connectivity index is 1.81. The molecule has 7 nitrogen and oxygen atoms in total. The lowest BCUT2D eigenvalue weighted by Gasteiger charge is -2.23. The molecule has 0 radical (unpaired) electrons. The van der Waals surface area contributed by atoms with Crippen LogP contribution in [-0.4, -0.2) is 30.2 Å². The van der Waals surface area contributed by atoms with Crippen LogP contribution in [0, 0.1) is 0 Å². The molecule has 0 aliphatic rings. The zero-order valence-corrected chi connectivity index (χ0v) is 18.1. The van der Waals surface area contributed by atoms with E-state index in [-0.39, 0.29) is 26.1 Å². The molecule has 0 saturated carbocycles. The molecule has 166 valence electrons. The second-order valence-electron chi connectivity index (χ2n) is 7.94. The van der Waals surface area contributed by atoms with Crippen LogP contribution in [0.1, 0.15) is 50.8 Å². The number of carbonyl (C=O) groups is 3. The first-order chi connectivity index (χ1) is 14.7. The van der Waals surface area contributed by atoms with Crippen LogP contribution in [-0.2, 0) is 30.4 Å². The van der Waals surface area contributed by atoms with Gasteiger partial charge in [-0.05, 0) is 31.9 Å². The van der Waals surface area contributed by atoms with Gasteiger partial charge in [-0.25, -0.2) is 4.79 Å². The van der Waals surface area contributed by atoms with E-state index in [0.29, 0.717) is 0 Å². The highest BCUT2D eigenvalue weighted by atomic mass is 16.6. The van der Waals surface area contributed by atoms with Crippen molar-refractivity contribution in [2.24, 2.45) is 0 Å². The molecule has 1 amide bonds. The van der Waals surface area contributed by atoms with Crippen LogP contribution in [0.15, 0.2) is 60.7 Å². The van der Waals surface area contributed by atoms with Crippen LogP contribution < -0.4 is 5.32 Å². The van der Waals surface area contributed by atoms with E-state index >= 15 is 0 Å². The number of hydrogen-bond acceptors (Lipinski definition) is 6. The normalized spacial score (nSPS) is 11.8. The summed E-state index contributed by atoms with van der Waals surface area (Å²) in [7, 11) is 0. The number of benzene rings is 2. The van der Waals surface area contributed by atoms with Gasteiger partial charge in [-0.15, -0.1) is 0 Å². The molecule has 31 heavy (non-hydrogen) atoms. The van der Waals surface area contributed by atoms with E-state index in [4.69, 9.17) is 14.2 Å². The van der Waals surface area contributed by atoms with E-state index in [1.54, 1.807) is 20.8 Å². The molecule has 0 saturated heterocycles. The number of alkyl carbamates (subject to hydrolysis) is 1. The molecule has 0 aliphatic heterocycles. The van der Waals surface area contributed by atoms with Gasteiger partial charge in [0.2, 0.25) is 0 Å². The van der Waals surface area contributed by atoms with Crippen molar-refractivity contribution in [1.29, 1.82) is 0 Å². The van der Waals surface area contributed by atoms with Gasteiger partial charge in [0, 0.05) is 0 Å². The Morgan fingerprint density at radius 2 is 1.39 bits per heavy atom. The molecular formula is C24H29NO6. The van der Waals surface area contributed by atoms with Crippen LogP contribution in [0.2, 0.25) is 0 Å². The predicted octanol–water partition coefficient (Wildman–Crippen LogP) is 4.32. The van der Waals surface area contributed by atoms with Crippen LogP contribution in [0.5, 0.6) is 0 Å². The Bertz CT molecular complexity index is 845. The maximum atomic E-state index is 12.2. The van der Waals surface area contributed by atoms with E-state index in [2.05, 4.69) is 5.32 Å². The maximum absolute atomic E-state index is 12.2. The smallest absolute Gasteiger partial charge is 0.408 e. The van der Waals surface area contributed by atoms with Crippen molar-refractivity contribution in [3.8, 4) is 0 Å². The molecule has 7 heteroatoms. The largest absolute Gasteiger partial charge is 0.463 e. The molecule has 0 bridgehead atoms. The van der Waals surface area contributed by atoms with Crippen molar-refractivity contribution in [2.45, 2.75) is 51.9 Å². The zero-order valence-electron chi connectivity index (χ0n) is 18.1. The molecule has 2 rings (SSSR count). The topological polar surface area (TPSA) is 90.9 Å². The van der Waals surface area contributed by atoms with Gasteiger partial charge in [-0.3, -0.25) is 9.59 Å². The Morgan fingerprint density at radius 3 is 1.97 bits per heavy atom. The third-order valence-corrected chi connectivity index (χ3v) is 4.08. The third-order valence-electron chi connectivity index (χ3n) is 4.08. The molecule has 0 heterocycles. The summed E-state index contributed by atoms with van der Waals surface area (Å²) < 4.78 is 15.7. The Kier molecular flexibility index (Phi) is 9.06. The molecule has 0 aliphatic carbocycles. The van der Waals surface area contributed by atoms with Crippen molar-refractivity contribution in [1.82, 2.24) is 5.32 Å². The highest BCUT2D eigenvalue weighted by Crippen LogP contribution is 2.15. The van der Waals surface area contributed by atoms with Crippen molar-refractivity contribution in [2.75, 3.05) is 6.61 Å². The standard InChI is InChI=1S/C24H29NO6/c1-24(2,3)31-23(28)25-20(19-12-8-5-9-13-19)17-30-22(27)15-14-21(26)29-16-18-10-6-4-7-11-18/h4-13,20H,14-17H2,1-3H3,(H,25,28). The van der Waals surface area contributed by atoms with E-state index < -0.39 is 29.7 Å². The molecule has 0 fully saturated rings. The van der Waals surface area contributed by atoms with Gasteiger partial charge in [0.15, 0.2) is 0 Å². The van der Waals surface area contributed by atoms with E-state index in [1.807, 2.05) is 60.7 Å². The fourth-order valence-electron chi connectivity index (χ4n) is 2.62. The van der Waals surface area contributed by atoms with Gasteiger partial charge in [0.05, 0.1) is 18.9 Å². The molecular weight excluding hydrogens is 398 g/mol. The zero-order chi connectivity index (χ0) is 22.7. The minimum Gasteiger partial charge on any atom is -0.463 e. The second-order valence-corrected chi connectivity index (χ2v) is 7.94. The number of ether oxygens (including phenoxy) is 3. The van der Waals surface area contributed by atoms with E-state index in [9.17, 15) is 14.4 Å². The third kappa shape index (κ3) is 9.80. The lowest BCUT2D eigenvalue weighted by Crippen LogP contribution is -2.37. The fourth-order valence-corrected chi connectivity index (χ4v) is 2.62. The first-order valence-corrected chi connectivity index (χ1v) is 10.1. The summed E-state index contributed by atoms with van der Waals surface area (Å²) >= 11 is 0. The lowest BCUT2D eigenvalue weighted by atomic mass is 10.1. The molecule has 0 spiro atoms. The average Bonchev–Trinajstić information content (AvgIpc) is 2.73. The van der Waals surface area contributed by atoms with Crippen LogP contribution >= 0.6 is 0 Å². The first-order valence-electron chi connectivity index (χ1n) is 10.1. The van der Waals surface area contributed by atoms with Gasteiger partial charge < -0.3 is 19.5 Å². The van der Waals surface area contributed by atoms with Gasteiger partial charge >= 0.3 is 18.0 Å². The van der Waals surface area contributed by atoms with Crippen LogP contribution in [0.4, 0.5) is 4.79 Å². The monoisotopic (exact) mass is 427 g/mol. The van der Waals surface area contributed by atoms with Crippen molar-refractivity contribution < 1.29 is 28.6 Å². The summed E-state index contributed by atoms with van der Waals surface area (Å²) in [4.78, 5) is 36.1. The quantitative estimate of drug-likeness (QED) is 0.473. The fraction of sp³-hybridized carbons (Fsp3) is 0.375. The summed E-state index contributed by atoms with van der Waals surface area (Å²) in [6.07, 6.45) is -0.801. The van der Waals surface area contributed by atoms with Crippen molar-refractivity contribution in [3.05, 3.63) is 71.8 Å². The SMILES string of the molecule is CC(C)(C)OC(=O)NC(COC(=O)CCC(=O)OCc1ccccc1)c1ccccc1. The minimum atomic E-state index is -0.651. The van der Waals surface area contributed by atoms with Crippen LogP contribution in [0.25, 0.3) is 0 Å². The number of amides is 1. The number of esters is 2. The number of hydrogen-bond donors (Lipinski definition) is 1. The molecule has 1 N–H and O–H groups in total. The predicted molar refractivity (Wildman–Crippen MR) is 115 cm³/mol. The number of nitrogens with one attached hydrogen (secondary N) is 1. The maximum Gasteiger partial charge on any atom is 0.408 e. The van der Waals surface area contributed by atoms with Gasteiger partial charge in [0.25, 0.3) is 0 Å². The molecule has 2 aromatic rings. The Morgan fingerprint density at radius 1 is 0.839 bits per heavy atom. The van der Waals surface area contributed by atoms with Gasteiger partial charge in [0.1, 0.15) is 18.8 Å². The second kappa shape index (κ2) is 11.7. The summed E-state index contributed by atoms with van der Waals surface area (Å²) in [5.41, 5.74) is 0.989. The summed E-state index contributed by atoms with van der Waals surface area (Å²) in [6.45, 7) is 5.37. The first kappa shape index (κ1) is 23.9. The lowest BCUT2D eigenvalue weighted by molar-refractivity contribution is -0.151. The minimum absolute atomic E-state index is 0.0822. The van der Waals surface area contributed by atoms with Gasteiger partial charge in [-0.2, -0.15) is 0 Å². The van der Waals surface area contributed by atoms with Crippen LogP contribution in [0.3, 0.4) is 0 Å². The van der Waals surface area contributed by atoms with Crippen molar-refractivity contribution in [3.63, 3.8) is 0 Å².